The molecule has 1 aliphatic rings. The fourth-order valence-electron chi connectivity index (χ4n) is 5.16. The molecule has 4 aromatic rings. The Balaban J connectivity index is 1.55. The molecule has 0 aliphatic heterocycles. The van der Waals surface area contributed by atoms with Gasteiger partial charge in [-0.15, -0.1) is 0 Å². The molecule has 0 saturated heterocycles. The zero-order valence-electron chi connectivity index (χ0n) is 22.1. The molecule has 5 nitrogen and oxygen atoms in total. The molecule has 0 N–H and O–H groups in total. The maximum Gasteiger partial charge on any atom is 0.416 e. The molecule has 1 saturated carbocycles. The van der Waals surface area contributed by atoms with Gasteiger partial charge in [-0.1, -0.05) is 41.4 Å². The van der Waals surface area contributed by atoms with E-state index in [9.17, 15) is 13.2 Å². The van der Waals surface area contributed by atoms with Crippen LogP contribution in [0.4, 0.5) is 24.8 Å². The van der Waals surface area contributed by atoms with E-state index in [4.69, 9.17) is 9.51 Å². The number of alkyl halides is 3. The van der Waals surface area contributed by atoms with Crippen LogP contribution >= 0.6 is 0 Å². The lowest BCUT2D eigenvalue weighted by molar-refractivity contribution is -0.137. The van der Waals surface area contributed by atoms with E-state index in [2.05, 4.69) is 23.0 Å². The standard InChI is InChI=1S/C30H33F3N4O/c1-4-36(17-22-8-7-9-22)29-25(16-24-10-5-6-11-27(24)34-29)19-37(28-14-21(3)38-35-28)18-23-12-20(2)13-26(15-23)30(31,32)33/h5-6,10-16,22H,4,7-9,17-19H2,1-3H3. The number of pyridine rings is 1. The van der Waals surface area contributed by atoms with Crippen LogP contribution in [0.1, 0.15) is 54.2 Å². The molecule has 1 aliphatic carbocycles. The molecule has 0 unspecified atom stereocenters. The fourth-order valence-corrected chi connectivity index (χ4v) is 5.16. The first kappa shape index (κ1) is 26.1. The number of hydrogen-bond donors (Lipinski definition) is 0. The monoisotopic (exact) mass is 522 g/mol. The minimum Gasteiger partial charge on any atom is -0.360 e. The van der Waals surface area contributed by atoms with E-state index in [0.29, 0.717) is 35.2 Å². The second-order valence-corrected chi connectivity index (χ2v) is 10.4. The average molecular weight is 523 g/mol. The normalized spacial score (nSPS) is 14.1. The van der Waals surface area contributed by atoms with Gasteiger partial charge in [-0.2, -0.15) is 13.2 Å². The van der Waals surface area contributed by atoms with Crippen molar-refractivity contribution in [2.75, 3.05) is 22.9 Å². The largest absolute Gasteiger partial charge is 0.416 e. The highest BCUT2D eigenvalue weighted by molar-refractivity contribution is 5.82. The summed E-state index contributed by atoms with van der Waals surface area (Å²) in [6.45, 7) is 8.09. The smallest absolute Gasteiger partial charge is 0.360 e. The van der Waals surface area contributed by atoms with Crippen LogP contribution in [0.2, 0.25) is 0 Å². The Hall–Kier alpha value is -3.55. The van der Waals surface area contributed by atoms with Gasteiger partial charge in [0.1, 0.15) is 11.6 Å². The molecule has 0 spiro atoms. The van der Waals surface area contributed by atoms with Gasteiger partial charge in [-0.25, -0.2) is 4.98 Å². The minimum absolute atomic E-state index is 0.248. The lowest BCUT2D eigenvalue weighted by Crippen LogP contribution is -2.34. The van der Waals surface area contributed by atoms with Crippen LogP contribution < -0.4 is 9.80 Å². The second kappa shape index (κ2) is 10.7. The SMILES string of the molecule is CCN(CC1CCC1)c1nc2ccccc2cc1CN(Cc1cc(C)cc(C(F)(F)F)c1)c1cc(C)on1. The van der Waals surface area contributed by atoms with Crippen LogP contribution in [0.3, 0.4) is 0 Å². The molecular weight excluding hydrogens is 489 g/mol. The number of aryl methyl sites for hydroxylation is 2. The van der Waals surface area contributed by atoms with Crippen molar-refractivity contribution in [3.8, 4) is 0 Å². The van der Waals surface area contributed by atoms with Crippen LogP contribution in [0.25, 0.3) is 10.9 Å². The predicted molar refractivity (Wildman–Crippen MR) is 144 cm³/mol. The number of para-hydroxylation sites is 1. The molecule has 2 aromatic heterocycles. The summed E-state index contributed by atoms with van der Waals surface area (Å²) in [6, 6.07) is 16.2. The first-order valence-corrected chi connectivity index (χ1v) is 13.2. The van der Waals surface area contributed by atoms with E-state index in [1.54, 1.807) is 13.0 Å². The molecule has 2 heterocycles. The molecule has 1 fully saturated rings. The van der Waals surface area contributed by atoms with Gasteiger partial charge in [0.05, 0.1) is 11.1 Å². The summed E-state index contributed by atoms with van der Waals surface area (Å²) >= 11 is 0. The lowest BCUT2D eigenvalue weighted by atomic mass is 9.85. The number of nitrogens with zero attached hydrogens (tertiary/aromatic N) is 4. The molecule has 0 radical (unpaired) electrons. The summed E-state index contributed by atoms with van der Waals surface area (Å²) in [5.41, 5.74) is 2.42. The van der Waals surface area contributed by atoms with E-state index >= 15 is 0 Å². The highest BCUT2D eigenvalue weighted by Crippen LogP contribution is 2.34. The number of fused-ring (bicyclic) bond motifs is 1. The average Bonchev–Trinajstić information content (AvgIpc) is 3.28. The third kappa shape index (κ3) is 5.79. The van der Waals surface area contributed by atoms with Crippen LogP contribution in [-0.4, -0.2) is 23.2 Å². The Morgan fingerprint density at radius 3 is 2.42 bits per heavy atom. The van der Waals surface area contributed by atoms with Crippen molar-refractivity contribution in [1.29, 1.82) is 0 Å². The Labute approximate surface area is 221 Å². The lowest BCUT2D eigenvalue weighted by Gasteiger charge is -2.34. The van der Waals surface area contributed by atoms with Crippen molar-refractivity contribution >= 4 is 22.5 Å². The fraction of sp³-hybridized carbons (Fsp3) is 0.400. The van der Waals surface area contributed by atoms with Crippen LogP contribution in [0, 0.1) is 19.8 Å². The van der Waals surface area contributed by atoms with Crippen LogP contribution in [-0.2, 0) is 19.3 Å². The van der Waals surface area contributed by atoms with Crippen molar-refractivity contribution in [3.05, 3.63) is 82.6 Å². The van der Waals surface area contributed by atoms with E-state index in [1.165, 1.54) is 31.4 Å². The molecular formula is C30H33F3N4O. The molecule has 200 valence electrons. The van der Waals surface area contributed by atoms with Crippen molar-refractivity contribution < 1.29 is 17.7 Å². The van der Waals surface area contributed by atoms with Gasteiger partial charge in [0.25, 0.3) is 0 Å². The maximum atomic E-state index is 13.6. The summed E-state index contributed by atoms with van der Waals surface area (Å²) in [5, 5.41) is 5.25. The van der Waals surface area contributed by atoms with E-state index in [-0.39, 0.29) is 6.54 Å². The summed E-state index contributed by atoms with van der Waals surface area (Å²) in [6.07, 6.45) is -0.665. The number of rotatable bonds is 9. The summed E-state index contributed by atoms with van der Waals surface area (Å²) < 4.78 is 46.1. The molecule has 0 atom stereocenters. The van der Waals surface area contributed by atoms with Crippen LogP contribution in [0.15, 0.2) is 59.1 Å². The number of benzene rings is 2. The summed E-state index contributed by atoms with van der Waals surface area (Å²) in [7, 11) is 0. The third-order valence-electron chi connectivity index (χ3n) is 7.30. The first-order chi connectivity index (χ1) is 18.2. The zero-order chi connectivity index (χ0) is 26.9. The third-order valence-corrected chi connectivity index (χ3v) is 7.30. The minimum atomic E-state index is -4.41. The number of aromatic nitrogens is 2. The second-order valence-electron chi connectivity index (χ2n) is 10.4. The number of halogens is 3. The molecule has 2 aromatic carbocycles. The highest BCUT2D eigenvalue weighted by atomic mass is 19.4. The van der Waals surface area contributed by atoms with Gasteiger partial charge in [0.15, 0.2) is 5.82 Å². The zero-order valence-corrected chi connectivity index (χ0v) is 22.1. The van der Waals surface area contributed by atoms with Crippen molar-refractivity contribution in [3.63, 3.8) is 0 Å². The quantitative estimate of drug-likeness (QED) is 0.225. The van der Waals surface area contributed by atoms with Gasteiger partial charge < -0.3 is 14.3 Å². The van der Waals surface area contributed by atoms with Gasteiger partial charge in [-0.3, -0.25) is 0 Å². The number of anilines is 2. The molecule has 38 heavy (non-hydrogen) atoms. The molecule has 8 heteroatoms. The van der Waals surface area contributed by atoms with Crippen molar-refractivity contribution in [1.82, 2.24) is 10.1 Å². The van der Waals surface area contributed by atoms with E-state index in [1.807, 2.05) is 42.2 Å². The van der Waals surface area contributed by atoms with E-state index in [0.717, 1.165) is 35.4 Å². The van der Waals surface area contributed by atoms with E-state index < -0.39 is 11.7 Å². The molecule has 5 rings (SSSR count). The molecule has 0 amide bonds. The topological polar surface area (TPSA) is 45.4 Å². The molecule has 0 bridgehead atoms. The Morgan fingerprint density at radius 2 is 1.76 bits per heavy atom. The summed E-state index contributed by atoms with van der Waals surface area (Å²) in [4.78, 5) is 9.39. The van der Waals surface area contributed by atoms with Gasteiger partial charge in [0.2, 0.25) is 0 Å². The van der Waals surface area contributed by atoms with Gasteiger partial charge >= 0.3 is 6.18 Å². The van der Waals surface area contributed by atoms with Gasteiger partial charge in [0, 0.05) is 43.2 Å². The Morgan fingerprint density at radius 1 is 0.974 bits per heavy atom. The maximum absolute atomic E-state index is 13.6. The summed E-state index contributed by atoms with van der Waals surface area (Å²) in [5.74, 6) is 2.81. The van der Waals surface area contributed by atoms with Crippen molar-refractivity contribution in [2.45, 2.75) is 59.3 Å². The number of hydrogen-bond acceptors (Lipinski definition) is 5. The Kier molecular flexibility index (Phi) is 7.32. The van der Waals surface area contributed by atoms with Gasteiger partial charge in [-0.05, 0) is 69.4 Å². The highest BCUT2D eigenvalue weighted by Gasteiger charge is 2.31. The first-order valence-electron chi connectivity index (χ1n) is 13.2. The Bertz CT molecular complexity index is 1410. The predicted octanol–water partition coefficient (Wildman–Crippen LogP) is 7.69. The van der Waals surface area contributed by atoms with Crippen LogP contribution in [0.5, 0.6) is 0 Å². The van der Waals surface area contributed by atoms with Crippen molar-refractivity contribution in [2.24, 2.45) is 5.92 Å².